The third kappa shape index (κ3) is 3.49. The van der Waals surface area contributed by atoms with E-state index in [1.54, 1.807) is 25.1 Å². The maximum absolute atomic E-state index is 13.0. The highest BCUT2D eigenvalue weighted by Crippen LogP contribution is 2.37. The van der Waals surface area contributed by atoms with Crippen molar-refractivity contribution < 1.29 is 18.0 Å². The van der Waals surface area contributed by atoms with E-state index in [0.29, 0.717) is 36.1 Å². The van der Waals surface area contributed by atoms with E-state index >= 15 is 0 Å². The van der Waals surface area contributed by atoms with Crippen molar-refractivity contribution in [3.05, 3.63) is 29.3 Å². The molecule has 0 radical (unpaired) electrons. The predicted molar refractivity (Wildman–Crippen MR) is 74.9 cm³/mol. The summed E-state index contributed by atoms with van der Waals surface area (Å²) in [5, 5.41) is 2.55. The minimum absolute atomic E-state index is 0.0738. The average Bonchev–Trinajstić information content (AvgIpc) is 2.41. The Morgan fingerprint density at radius 1 is 1.29 bits per heavy atom. The van der Waals surface area contributed by atoms with E-state index in [-0.39, 0.29) is 6.42 Å². The van der Waals surface area contributed by atoms with Crippen LogP contribution in [-0.4, -0.2) is 18.1 Å². The van der Waals surface area contributed by atoms with Crippen molar-refractivity contribution in [3.63, 3.8) is 0 Å². The summed E-state index contributed by atoms with van der Waals surface area (Å²) >= 11 is 0. The van der Waals surface area contributed by atoms with Crippen LogP contribution >= 0.6 is 0 Å². The van der Waals surface area contributed by atoms with Crippen LogP contribution in [0.2, 0.25) is 0 Å². The second kappa shape index (κ2) is 5.95. The summed E-state index contributed by atoms with van der Waals surface area (Å²) in [6, 6.07) is 4.00. The van der Waals surface area contributed by atoms with Crippen molar-refractivity contribution in [2.24, 2.45) is 5.92 Å². The molecule has 3 nitrogen and oxygen atoms in total. The number of alkyl halides is 3. The Bertz CT molecular complexity index is 528. The van der Waals surface area contributed by atoms with Gasteiger partial charge in [0.2, 0.25) is 0 Å². The number of anilines is 1. The quantitative estimate of drug-likeness (QED) is 0.822. The molecule has 1 fully saturated rings. The Morgan fingerprint density at radius 2 is 1.95 bits per heavy atom. The fourth-order valence-corrected chi connectivity index (χ4v) is 2.84. The molecule has 1 aliphatic carbocycles. The topological polar surface area (TPSA) is 55.1 Å². The molecule has 1 aromatic rings. The standard InChI is InChI=1S/C15H19F3N2O/c1-9-10(5-4-7-12(9)19)14(21)20-13-8-3-2-6-11(13)15(16,17)18/h4-5,7,11,13H,2-3,6,8,19H2,1H3,(H,20,21). The zero-order valence-electron chi connectivity index (χ0n) is 11.8. The number of benzene rings is 1. The molecule has 1 aromatic carbocycles. The molecular formula is C15H19F3N2O. The van der Waals surface area contributed by atoms with Crippen LogP contribution in [0.1, 0.15) is 41.6 Å². The minimum atomic E-state index is -4.27. The van der Waals surface area contributed by atoms with E-state index in [2.05, 4.69) is 5.32 Å². The van der Waals surface area contributed by atoms with Crippen LogP contribution in [0.15, 0.2) is 18.2 Å². The lowest BCUT2D eigenvalue weighted by molar-refractivity contribution is -0.187. The molecule has 2 atom stereocenters. The summed E-state index contributed by atoms with van der Waals surface area (Å²) in [4.78, 5) is 12.2. The molecule has 0 saturated heterocycles. The highest BCUT2D eigenvalue weighted by Gasteiger charge is 2.46. The monoisotopic (exact) mass is 300 g/mol. The summed E-state index contributed by atoms with van der Waals surface area (Å²) < 4.78 is 39.0. The molecular weight excluding hydrogens is 281 g/mol. The summed E-state index contributed by atoms with van der Waals surface area (Å²) in [7, 11) is 0. The van der Waals surface area contributed by atoms with Crippen molar-refractivity contribution in [1.29, 1.82) is 0 Å². The van der Waals surface area contributed by atoms with Crippen molar-refractivity contribution in [1.82, 2.24) is 5.32 Å². The lowest BCUT2D eigenvalue weighted by Crippen LogP contribution is -2.47. The largest absolute Gasteiger partial charge is 0.398 e. The van der Waals surface area contributed by atoms with E-state index < -0.39 is 24.0 Å². The van der Waals surface area contributed by atoms with Gasteiger partial charge in [-0.3, -0.25) is 4.79 Å². The fraction of sp³-hybridized carbons (Fsp3) is 0.533. The minimum Gasteiger partial charge on any atom is -0.398 e. The molecule has 1 amide bonds. The van der Waals surface area contributed by atoms with E-state index in [1.165, 1.54) is 0 Å². The maximum Gasteiger partial charge on any atom is 0.393 e. The van der Waals surface area contributed by atoms with E-state index in [9.17, 15) is 18.0 Å². The zero-order chi connectivity index (χ0) is 15.6. The number of hydrogen-bond acceptors (Lipinski definition) is 2. The van der Waals surface area contributed by atoms with Crippen LogP contribution in [0.5, 0.6) is 0 Å². The van der Waals surface area contributed by atoms with Crippen LogP contribution < -0.4 is 11.1 Å². The first-order chi connectivity index (χ1) is 9.80. The van der Waals surface area contributed by atoms with E-state index in [0.717, 1.165) is 0 Å². The van der Waals surface area contributed by atoms with Crippen LogP contribution in [0.4, 0.5) is 18.9 Å². The third-order valence-corrected chi connectivity index (χ3v) is 4.12. The lowest BCUT2D eigenvalue weighted by Gasteiger charge is -2.33. The van der Waals surface area contributed by atoms with Gasteiger partial charge in [-0.15, -0.1) is 0 Å². The summed E-state index contributed by atoms with van der Waals surface area (Å²) in [5.74, 6) is -1.95. The Kier molecular flexibility index (Phi) is 4.44. The molecule has 2 rings (SSSR count). The van der Waals surface area contributed by atoms with Gasteiger partial charge in [-0.1, -0.05) is 18.9 Å². The van der Waals surface area contributed by atoms with Gasteiger partial charge in [0.05, 0.1) is 5.92 Å². The molecule has 0 aliphatic heterocycles. The molecule has 0 heterocycles. The smallest absolute Gasteiger partial charge is 0.393 e. The van der Waals surface area contributed by atoms with E-state index in [4.69, 9.17) is 5.73 Å². The molecule has 1 aliphatic rings. The second-order valence-corrected chi connectivity index (χ2v) is 5.53. The van der Waals surface area contributed by atoms with Gasteiger partial charge >= 0.3 is 6.18 Å². The lowest BCUT2D eigenvalue weighted by atomic mass is 9.84. The highest BCUT2D eigenvalue weighted by atomic mass is 19.4. The van der Waals surface area contributed by atoms with E-state index in [1.807, 2.05) is 0 Å². The number of halogens is 3. The van der Waals surface area contributed by atoms with Gasteiger partial charge in [-0.25, -0.2) is 0 Å². The number of carbonyl (C=O) groups excluding carboxylic acids is 1. The summed E-state index contributed by atoms with van der Waals surface area (Å²) in [5.41, 5.74) is 7.11. The molecule has 6 heteroatoms. The first-order valence-electron chi connectivity index (χ1n) is 7.03. The number of hydrogen-bond donors (Lipinski definition) is 2. The fourth-order valence-electron chi connectivity index (χ4n) is 2.84. The number of rotatable bonds is 2. The Balaban J connectivity index is 2.15. The van der Waals surface area contributed by atoms with Crippen LogP contribution in [-0.2, 0) is 0 Å². The summed E-state index contributed by atoms with van der Waals surface area (Å²) in [6.07, 6.45) is -2.59. The number of carbonyl (C=O) groups is 1. The van der Waals surface area contributed by atoms with Gasteiger partial charge in [0.25, 0.3) is 5.91 Å². The molecule has 1 saturated carbocycles. The SMILES string of the molecule is Cc1c(N)cccc1C(=O)NC1CCCCC1C(F)(F)F. The molecule has 0 bridgehead atoms. The highest BCUT2D eigenvalue weighted by molar-refractivity contribution is 5.97. The van der Waals surface area contributed by atoms with Crippen molar-refractivity contribution in [3.8, 4) is 0 Å². The molecule has 0 aromatic heterocycles. The molecule has 116 valence electrons. The second-order valence-electron chi connectivity index (χ2n) is 5.53. The van der Waals surface area contributed by atoms with Gasteiger partial charge in [0.1, 0.15) is 0 Å². The third-order valence-electron chi connectivity index (χ3n) is 4.12. The van der Waals surface area contributed by atoms with Gasteiger partial charge in [0, 0.05) is 17.3 Å². The van der Waals surface area contributed by atoms with Crippen molar-refractivity contribution >= 4 is 11.6 Å². The number of amides is 1. The first kappa shape index (κ1) is 15.7. The van der Waals surface area contributed by atoms with Crippen molar-refractivity contribution in [2.75, 3.05) is 5.73 Å². The predicted octanol–water partition coefficient (Wildman–Crippen LogP) is 3.43. The number of nitrogens with two attached hydrogens (primary N) is 1. The van der Waals surface area contributed by atoms with Crippen molar-refractivity contribution in [2.45, 2.75) is 44.8 Å². The first-order valence-corrected chi connectivity index (χ1v) is 7.03. The molecule has 2 unspecified atom stereocenters. The number of nitrogen functional groups attached to an aromatic ring is 1. The summed E-state index contributed by atoms with van der Waals surface area (Å²) in [6.45, 7) is 1.69. The van der Waals surface area contributed by atoms with Crippen LogP contribution in [0.3, 0.4) is 0 Å². The van der Waals surface area contributed by atoms with Crippen LogP contribution in [0, 0.1) is 12.8 Å². The van der Waals surface area contributed by atoms with Gasteiger partial charge in [-0.2, -0.15) is 13.2 Å². The van der Waals surface area contributed by atoms with Gasteiger partial charge < -0.3 is 11.1 Å². The number of nitrogens with one attached hydrogen (secondary N) is 1. The maximum atomic E-state index is 13.0. The molecule has 3 N–H and O–H groups in total. The average molecular weight is 300 g/mol. The Morgan fingerprint density at radius 3 is 2.62 bits per heavy atom. The molecule has 21 heavy (non-hydrogen) atoms. The Labute approximate surface area is 121 Å². The van der Waals surface area contributed by atoms with Gasteiger partial charge in [0.15, 0.2) is 0 Å². The Hall–Kier alpha value is -1.72. The van der Waals surface area contributed by atoms with Crippen LogP contribution in [0.25, 0.3) is 0 Å². The zero-order valence-corrected chi connectivity index (χ0v) is 11.8. The normalized spacial score (nSPS) is 22.9. The molecule has 0 spiro atoms. The van der Waals surface area contributed by atoms with Gasteiger partial charge in [-0.05, 0) is 37.5 Å².